The molecule has 19 heavy (non-hydrogen) atoms. The van der Waals surface area contributed by atoms with Gasteiger partial charge >= 0.3 is 0 Å². The van der Waals surface area contributed by atoms with E-state index >= 15 is 0 Å². The minimum Gasteiger partial charge on any atom is -0.259 e. The molecule has 7 heteroatoms. The molecular weight excluding hydrogens is 306 g/mol. The minimum absolute atomic E-state index is 0.00247. The molecular formula is C12H18ClNO3S2. The predicted octanol–water partition coefficient (Wildman–Crippen LogP) is 2.09. The molecule has 1 rings (SSSR count). The van der Waals surface area contributed by atoms with Gasteiger partial charge in [-0.05, 0) is 38.1 Å². The van der Waals surface area contributed by atoms with Gasteiger partial charge < -0.3 is 0 Å². The van der Waals surface area contributed by atoms with Crippen molar-refractivity contribution in [3.8, 4) is 0 Å². The summed E-state index contributed by atoms with van der Waals surface area (Å²) in [5.41, 5.74) is 0.905. The van der Waals surface area contributed by atoms with E-state index in [0.717, 1.165) is 5.56 Å². The predicted molar refractivity (Wildman–Crippen MR) is 80.3 cm³/mol. The number of hydrogen-bond donors (Lipinski definition) is 1. The molecule has 0 spiro atoms. The van der Waals surface area contributed by atoms with Gasteiger partial charge in [-0.3, -0.25) is 4.21 Å². The lowest BCUT2D eigenvalue weighted by Crippen LogP contribution is -2.23. The molecule has 108 valence electrons. The molecule has 2 unspecified atom stereocenters. The van der Waals surface area contributed by atoms with E-state index in [1.54, 1.807) is 12.1 Å². The second kappa shape index (κ2) is 7.38. The van der Waals surface area contributed by atoms with Gasteiger partial charge in [-0.25, -0.2) is 13.1 Å². The summed E-state index contributed by atoms with van der Waals surface area (Å²) in [7, 11) is -2.95. The SMILES string of the molecule is CNS(=O)(=O)CCCS(=O)C(C)c1cccc(Cl)c1. The molecule has 0 heterocycles. The van der Waals surface area contributed by atoms with E-state index in [9.17, 15) is 12.6 Å². The second-order valence-electron chi connectivity index (χ2n) is 4.16. The van der Waals surface area contributed by atoms with Crippen LogP contribution in [0.4, 0.5) is 0 Å². The number of benzene rings is 1. The largest absolute Gasteiger partial charge is 0.259 e. The van der Waals surface area contributed by atoms with Gasteiger partial charge in [0.2, 0.25) is 10.0 Å². The van der Waals surface area contributed by atoms with Crippen LogP contribution >= 0.6 is 11.6 Å². The smallest absolute Gasteiger partial charge is 0.211 e. The Labute approximate surface area is 122 Å². The highest BCUT2D eigenvalue weighted by Gasteiger charge is 2.15. The molecule has 1 aromatic rings. The first-order valence-electron chi connectivity index (χ1n) is 5.89. The average Bonchev–Trinajstić information content (AvgIpc) is 2.37. The highest BCUT2D eigenvalue weighted by Crippen LogP contribution is 2.22. The Morgan fingerprint density at radius 3 is 2.68 bits per heavy atom. The molecule has 0 amide bonds. The molecule has 0 aliphatic carbocycles. The van der Waals surface area contributed by atoms with Crippen molar-refractivity contribution in [3.63, 3.8) is 0 Å². The lowest BCUT2D eigenvalue weighted by Gasteiger charge is -2.12. The Kier molecular flexibility index (Phi) is 6.46. The highest BCUT2D eigenvalue weighted by molar-refractivity contribution is 7.89. The minimum atomic E-state index is -3.22. The van der Waals surface area contributed by atoms with Crippen molar-refractivity contribution in [2.75, 3.05) is 18.6 Å². The lowest BCUT2D eigenvalue weighted by molar-refractivity contribution is 0.587. The molecule has 4 nitrogen and oxygen atoms in total. The maximum Gasteiger partial charge on any atom is 0.211 e. The summed E-state index contributed by atoms with van der Waals surface area (Å²) >= 11 is 5.89. The molecule has 0 aliphatic rings. The third kappa shape index (κ3) is 5.60. The topological polar surface area (TPSA) is 63.2 Å². The highest BCUT2D eigenvalue weighted by atomic mass is 35.5. The second-order valence-corrected chi connectivity index (χ2v) is 8.52. The standard InChI is InChI=1S/C12H18ClNO3S2/c1-10(11-5-3-6-12(13)9-11)18(15)7-4-8-19(16,17)14-2/h3,5-6,9-10,14H,4,7-8H2,1-2H3. The molecule has 0 fully saturated rings. The Hall–Kier alpha value is -0.430. The van der Waals surface area contributed by atoms with Crippen molar-refractivity contribution < 1.29 is 12.6 Å². The summed E-state index contributed by atoms with van der Waals surface area (Å²) in [5.74, 6) is 0.353. The van der Waals surface area contributed by atoms with Crippen molar-refractivity contribution in [2.24, 2.45) is 0 Å². The number of halogens is 1. The van der Waals surface area contributed by atoms with E-state index in [1.165, 1.54) is 7.05 Å². The number of rotatable bonds is 7. The van der Waals surface area contributed by atoms with Crippen LogP contribution in [0.25, 0.3) is 0 Å². The first-order valence-corrected chi connectivity index (χ1v) is 9.31. The van der Waals surface area contributed by atoms with Crippen molar-refractivity contribution in [1.82, 2.24) is 4.72 Å². The maximum atomic E-state index is 12.1. The maximum absolute atomic E-state index is 12.1. The van der Waals surface area contributed by atoms with E-state index in [-0.39, 0.29) is 11.0 Å². The fourth-order valence-electron chi connectivity index (χ4n) is 1.58. The number of nitrogens with one attached hydrogen (secondary N) is 1. The van der Waals surface area contributed by atoms with Crippen LogP contribution < -0.4 is 4.72 Å². The van der Waals surface area contributed by atoms with Crippen LogP contribution in [0.2, 0.25) is 5.02 Å². The molecule has 0 saturated carbocycles. The van der Waals surface area contributed by atoms with Crippen LogP contribution in [0.3, 0.4) is 0 Å². The van der Waals surface area contributed by atoms with Crippen LogP contribution in [0.5, 0.6) is 0 Å². The third-order valence-electron chi connectivity index (χ3n) is 2.78. The van der Waals surface area contributed by atoms with E-state index in [2.05, 4.69) is 4.72 Å². The molecule has 0 radical (unpaired) electrons. The van der Waals surface area contributed by atoms with Crippen molar-refractivity contribution in [1.29, 1.82) is 0 Å². The zero-order valence-electron chi connectivity index (χ0n) is 10.9. The zero-order valence-corrected chi connectivity index (χ0v) is 13.3. The Balaban J connectivity index is 2.54. The van der Waals surface area contributed by atoms with Crippen LogP contribution in [-0.4, -0.2) is 31.2 Å². The summed E-state index contributed by atoms with van der Waals surface area (Å²) in [5, 5.41) is 0.454. The molecule has 0 aliphatic heterocycles. The lowest BCUT2D eigenvalue weighted by atomic mass is 10.2. The number of hydrogen-bond acceptors (Lipinski definition) is 3. The van der Waals surface area contributed by atoms with Gasteiger partial charge in [-0.1, -0.05) is 23.7 Å². The van der Waals surface area contributed by atoms with Gasteiger partial charge in [0.15, 0.2) is 0 Å². The van der Waals surface area contributed by atoms with Crippen LogP contribution in [0, 0.1) is 0 Å². The fourth-order valence-corrected chi connectivity index (χ4v) is 3.92. The summed E-state index contributed by atoms with van der Waals surface area (Å²) in [6.07, 6.45) is 0.376. The Bertz CT molecular complexity index is 546. The Morgan fingerprint density at radius 1 is 1.42 bits per heavy atom. The van der Waals surface area contributed by atoms with E-state index in [1.807, 2.05) is 19.1 Å². The summed E-state index contributed by atoms with van der Waals surface area (Å²) < 4.78 is 36.8. The van der Waals surface area contributed by atoms with Gasteiger partial charge in [0.05, 0.1) is 11.0 Å². The zero-order chi connectivity index (χ0) is 14.5. The van der Waals surface area contributed by atoms with Gasteiger partial charge in [0.1, 0.15) is 0 Å². The summed E-state index contributed by atoms with van der Waals surface area (Å²) in [6.45, 7) is 1.86. The fraction of sp³-hybridized carbons (Fsp3) is 0.500. The summed E-state index contributed by atoms with van der Waals surface area (Å²) in [4.78, 5) is 0. The monoisotopic (exact) mass is 323 g/mol. The third-order valence-corrected chi connectivity index (χ3v) is 6.22. The molecule has 1 aromatic carbocycles. The van der Waals surface area contributed by atoms with Crippen LogP contribution in [-0.2, 0) is 20.8 Å². The molecule has 2 atom stereocenters. The normalized spacial score (nSPS) is 15.1. The first kappa shape index (κ1) is 16.6. The van der Waals surface area contributed by atoms with E-state index in [0.29, 0.717) is 17.2 Å². The van der Waals surface area contributed by atoms with Crippen LogP contribution in [0.15, 0.2) is 24.3 Å². The van der Waals surface area contributed by atoms with E-state index in [4.69, 9.17) is 11.6 Å². The quantitative estimate of drug-likeness (QED) is 0.835. The Morgan fingerprint density at radius 2 is 2.11 bits per heavy atom. The molecule has 1 N–H and O–H groups in total. The van der Waals surface area contributed by atoms with Crippen molar-refractivity contribution in [3.05, 3.63) is 34.9 Å². The average molecular weight is 324 g/mol. The molecule has 0 saturated heterocycles. The molecule has 0 aromatic heterocycles. The van der Waals surface area contributed by atoms with Gasteiger partial charge in [0, 0.05) is 21.6 Å². The molecule has 0 bridgehead atoms. The van der Waals surface area contributed by atoms with Gasteiger partial charge in [-0.2, -0.15) is 0 Å². The first-order chi connectivity index (χ1) is 8.85. The van der Waals surface area contributed by atoms with Crippen molar-refractivity contribution >= 4 is 32.4 Å². The van der Waals surface area contributed by atoms with Gasteiger partial charge in [0.25, 0.3) is 0 Å². The van der Waals surface area contributed by atoms with Gasteiger partial charge in [-0.15, -0.1) is 0 Å². The van der Waals surface area contributed by atoms with Crippen LogP contribution in [0.1, 0.15) is 24.2 Å². The summed E-state index contributed by atoms with van der Waals surface area (Å²) in [6, 6.07) is 7.24. The number of sulfonamides is 1. The van der Waals surface area contributed by atoms with Crippen molar-refractivity contribution in [2.45, 2.75) is 18.6 Å². The van der Waals surface area contributed by atoms with E-state index < -0.39 is 20.8 Å².